The first kappa shape index (κ1) is 14.9. The van der Waals surface area contributed by atoms with Crippen LogP contribution in [0.3, 0.4) is 0 Å². The van der Waals surface area contributed by atoms with Gasteiger partial charge in [-0.25, -0.2) is 0 Å². The van der Waals surface area contributed by atoms with Gasteiger partial charge in [0.05, 0.1) is 22.7 Å². The summed E-state index contributed by atoms with van der Waals surface area (Å²) >= 11 is 0. The number of hydrogen-bond acceptors (Lipinski definition) is 4. The highest BCUT2D eigenvalue weighted by molar-refractivity contribution is 5.85. The van der Waals surface area contributed by atoms with Gasteiger partial charge in [-0.2, -0.15) is 0 Å². The van der Waals surface area contributed by atoms with Crippen molar-refractivity contribution in [3.05, 3.63) is 48.5 Å². The predicted octanol–water partition coefficient (Wildman–Crippen LogP) is 4.10. The van der Waals surface area contributed by atoms with E-state index in [4.69, 9.17) is 0 Å². The maximum atomic E-state index is 3.97. The molecule has 0 bridgehead atoms. The zero-order chi connectivity index (χ0) is 17.2. The smallest absolute Gasteiger partial charge is 0.155 e. The molecule has 1 N–H and O–H groups in total. The molecule has 0 saturated heterocycles. The molecule has 4 nitrogen and oxygen atoms in total. The van der Waals surface area contributed by atoms with Crippen LogP contribution in [0.5, 0.6) is 0 Å². The summed E-state index contributed by atoms with van der Waals surface area (Å²) in [6, 6.07) is 17.5. The van der Waals surface area contributed by atoms with E-state index in [2.05, 4.69) is 89.7 Å². The Morgan fingerprint density at radius 1 is 0.720 bits per heavy atom. The Hall–Kier alpha value is -2.36. The molecule has 1 unspecified atom stereocenters. The monoisotopic (exact) mass is 334 g/mol. The minimum absolute atomic E-state index is 0.0945. The van der Waals surface area contributed by atoms with Gasteiger partial charge in [0.2, 0.25) is 0 Å². The van der Waals surface area contributed by atoms with Crippen LogP contribution in [-0.4, -0.2) is 32.5 Å². The van der Waals surface area contributed by atoms with Crippen molar-refractivity contribution in [1.29, 1.82) is 0 Å². The lowest BCUT2D eigenvalue weighted by molar-refractivity contribution is 0.172. The number of rotatable bonds is 0. The Kier molecular flexibility index (Phi) is 2.89. The molecule has 5 rings (SSSR count). The van der Waals surface area contributed by atoms with Gasteiger partial charge >= 0.3 is 0 Å². The summed E-state index contributed by atoms with van der Waals surface area (Å²) in [5.74, 6) is 0. The number of anilines is 4. The second kappa shape index (κ2) is 4.84. The second-order valence-electron chi connectivity index (χ2n) is 7.69. The molecule has 25 heavy (non-hydrogen) atoms. The van der Waals surface area contributed by atoms with Crippen LogP contribution in [0.1, 0.15) is 25.7 Å². The second-order valence-corrected chi connectivity index (χ2v) is 7.69. The van der Waals surface area contributed by atoms with Crippen molar-refractivity contribution in [3.63, 3.8) is 0 Å². The number of para-hydroxylation sites is 4. The Bertz CT molecular complexity index is 803. The van der Waals surface area contributed by atoms with Crippen LogP contribution in [0, 0.1) is 0 Å². The first-order valence-electron chi connectivity index (χ1n) is 9.30. The summed E-state index contributed by atoms with van der Waals surface area (Å²) in [6.45, 7) is 0. The number of benzene rings is 2. The van der Waals surface area contributed by atoms with Gasteiger partial charge in [-0.1, -0.05) is 24.3 Å². The quantitative estimate of drug-likeness (QED) is 0.783. The molecule has 1 saturated carbocycles. The fourth-order valence-electron chi connectivity index (χ4n) is 5.69. The maximum absolute atomic E-state index is 3.97. The molecule has 1 atom stereocenters. The molecule has 0 radical (unpaired) electrons. The van der Waals surface area contributed by atoms with Gasteiger partial charge in [-0.15, -0.1) is 0 Å². The molecule has 0 amide bonds. The largest absolute Gasteiger partial charge is 0.358 e. The van der Waals surface area contributed by atoms with Gasteiger partial charge < -0.3 is 20.0 Å². The number of hydrogen-bond donors (Lipinski definition) is 1. The molecule has 4 heteroatoms. The van der Waals surface area contributed by atoms with Crippen molar-refractivity contribution in [2.75, 3.05) is 41.2 Å². The number of likely N-dealkylation sites (N-methyl/N-ethyl adjacent to an activating group) is 3. The molecule has 1 aliphatic carbocycles. The SMILES string of the molecule is CN1c2ccccc2NC12CCCCC21N(C)c2ccccc2N1C. The van der Waals surface area contributed by atoms with Gasteiger partial charge in [0.1, 0.15) is 0 Å². The number of nitrogens with one attached hydrogen (secondary N) is 1. The van der Waals surface area contributed by atoms with Crippen molar-refractivity contribution < 1.29 is 0 Å². The highest BCUT2D eigenvalue weighted by Crippen LogP contribution is 2.58. The Morgan fingerprint density at radius 2 is 1.28 bits per heavy atom. The predicted molar refractivity (Wildman–Crippen MR) is 106 cm³/mol. The molecule has 2 aromatic carbocycles. The van der Waals surface area contributed by atoms with Crippen molar-refractivity contribution in [3.8, 4) is 0 Å². The fraction of sp³-hybridized carbons (Fsp3) is 0.429. The van der Waals surface area contributed by atoms with Crippen molar-refractivity contribution in [2.45, 2.75) is 37.0 Å². The maximum Gasteiger partial charge on any atom is 0.155 e. The molecule has 2 heterocycles. The normalized spacial score (nSPS) is 26.1. The van der Waals surface area contributed by atoms with E-state index in [1.165, 1.54) is 35.6 Å². The van der Waals surface area contributed by atoms with Gasteiger partial charge in [0.25, 0.3) is 0 Å². The summed E-state index contributed by atoms with van der Waals surface area (Å²) in [4.78, 5) is 7.55. The van der Waals surface area contributed by atoms with Crippen LogP contribution >= 0.6 is 0 Å². The third-order valence-electron chi connectivity index (χ3n) is 6.87. The molecule has 130 valence electrons. The van der Waals surface area contributed by atoms with E-state index in [1.807, 2.05) is 0 Å². The number of nitrogens with zero attached hydrogens (tertiary/aromatic N) is 3. The van der Waals surface area contributed by atoms with E-state index in [9.17, 15) is 0 Å². The zero-order valence-electron chi connectivity index (χ0n) is 15.3. The van der Waals surface area contributed by atoms with Crippen molar-refractivity contribution >= 4 is 22.7 Å². The van der Waals surface area contributed by atoms with E-state index in [0.29, 0.717) is 0 Å². The zero-order valence-corrected chi connectivity index (χ0v) is 15.3. The van der Waals surface area contributed by atoms with Gasteiger partial charge in [0, 0.05) is 21.1 Å². The standard InChI is InChI=1S/C21H26N4/c1-23-17-11-5-4-10-16(17)22-20(23)14-8-9-15-21(20)24(2)18-12-6-7-13-19(18)25(21)3/h4-7,10-13,22H,8-9,14-15H2,1-3H3. The lowest BCUT2D eigenvalue weighted by atomic mass is 9.76. The Labute approximate surface area is 150 Å². The van der Waals surface area contributed by atoms with E-state index >= 15 is 0 Å². The van der Waals surface area contributed by atoms with E-state index in [0.717, 1.165) is 12.8 Å². The molecular weight excluding hydrogens is 308 g/mol. The molecule has 2 spiro atoms. The van der Waals surface area contributed by atoms with Crippen molar-refractivity contribution in [2.24, 2.45) is 0 Å². The number of fused-ring (bicyclic) bond motifs is 3. The van der Waals surface area contributed by atoms with Crippen LogP contribution in [-0.2, 0) is 0 Å². The van der Waals surface area contributed by atoms with E-state index in [-0.39, 0.29) is 11.3 Å². The molecule has 1 fully saturated rings. The topological polar surface area (TPSA) is 21.8 Å². The highest BCUT2D eigenvalue weighted by atomic mass is 15.6. The summed E-state index contributed by atoms with van der Waals surface area (Å²) in [6.07, 6.45) is 4.81. The van der Waals surface area contributed by atoms with Crippen LogP contribution in [0.4, 0.5) is 22.7 Å². The first-order valence-corrected chi connectivity index (χ1v) is 9.30. The van der Waals surface area contributed by atoms with Gasteiger partial charge in [0.15, 0.2) is 11.3 Å². The third-order valence-corrected chi connectivity index (χ3v) is 6.87. The van der Waals surface area contributed by atoms with Gasteiger partial charge in [-0.3, -0.25) is 0 Å². The van der Waals surface area contributed by atoms with Gasteiger partial charge in [-0.05, 0) is 49.9 Å². The van der Waals surface area contributed by atoms with Crippen LogP contribution < -0.4 is 20.0 Å². The van der Waals surface area contributed by atoms with E-state index < -0.39 is 0 Å². The van der Waals surface area contributed by atoms with Crippen LogP contribution in [0.15, 0.2) is 48.5 Å². The lowest BCUT2D eigenvalue weighted by Gasteiger charge is -2.59. The molecule has 2 aliphatic heterocycles. The minimum atomic E-state index is -0.128. The average Bonchev–Trinajstić information content (AvgIpc) is 3.05. The van der Waals surface area contributed by atoms with Crippen LogP contribution in [0.25, 0.3) is 0 Å². The van der Waals surface area contributed by atoms with Crippen molar-refractivity contribution in [1.82, 2.24) is 0 Å². The summed E-state index contributed by atoms with van der Waals surface area (Å²) in [5, 5.41) is 3.97. The Morgan fingerprint density at radius 3 is 1.92 bits per heavy atom. The average molecular weight is 334 g/mol. The van der Waals surface area contributed by atoms with E-state index in [1.54, 1.807) is 0 Å². The highest BCUT2D eigenvalue weighted by Gasteiger charge is 2.65. The summed E-state index contributed by atoms with van der Waals surface area (Å²) in [7, 11) is 6.80. The lowest BCUT2D eigenvalue weighted by Crippen LogP contribution is -2.77. The fourth-order valence-corrected chi connectivity index (χ4v) is 5.69. The van der Waals surface area contributed by atoms with Crippen LogP contribution in [0.2, 0.25) is 0 Å². The minimum Gasteiger partial charge on any atom is -0.358 e. The third kappa shape index (κ3) is 1.58. The molecule has 3 aliphatic rings. The first-order chi connectivity index (χ1) is 12.1. The molecule has 2 aromatic rings. The molecule has 0 aromatic heterocycles. The summed E-state index contributed by atoms with van der Waals surface area (Å²) in [5.41, 5.74) is 5.00. The Balaban J connectivity index is 1.71. The molecular formula is C21H26N4. The summed E-state index contributed by atoms with van der Waals surface area (Å²) < 4.78 is 0.